The van der Waals surface area contributed by atoms with Gasteiger partial charge in [-0.15, -0.1) is 0 Å². The molecule has 2 aromatic carbocycles. The standard InChI is InChI=1S/C19H22N4O3S/c24-23(25)17-8-6-16(7-9-17)20-19(27)21-18(15-4-2-1-3-5-15)14-22-10-12-26-13-11-22/h1-9,18H,10-14H2,(H2,20,21,27)/p+1/t18-/m0/s1. The predicted octanol–water partition coefficient (Wildman–Crippen LogP) is 1.54. The SMILES string of the molecule is O=[N+]([O-])c1ccc(NC(=S)N[C@@H](C[NH+]2CCOCC2)c2ccccc2)cc1. The van der Waals surface area contributed by atoms with E-state index in [4.69, 9.17) is 17.0 Å². The molecule has 0 spiro atoms. The van der Waals surface area contributed by atoms with Crippen molar-refractivity contribution in [2.45, 2.75) is 6.04 Å². The molecule has 3 N–H and O–H groups in total. The molecule has 1 heterocycles. The summed E-state index contributed by atoms with van der Waals surface area (Å²) in [6, 6.07) is 16.5. The third-order valence-electron chi connectivity index (χ3n) is 4.54. The number of hydrogen-bond donors (Lipinski definition) is 3. The van der Waals surface area contributed by atoms with Crippen molar-refractivity contribution in [3.8, 4) is 0 Å². The third kappa shape index (κ3) is 5.72. The topological polar surface area (TPSA) is 80.9 Å². The van der Waals surface area contributed by atoms with Crippen molar-refractivity contribution >= 4 is 28.7 Å². The molecule has 3 rings (SSSR count). The van der Waals surface area contributed by atoms with Gasteiger partial charge < -0.3 is 20.3 Å². The van der Waals surface area contributed by atoms with Gasteiger partial charge in [0.25, 0.3) is 5.69 Å². The first-order chi connectivity index (χ1) is 13.1. The smallest absolute Gasteiger partial charge is 0.269 e. The van der Waals surface area contributed by atoms with Crippen LogP contribution in [0.1, 0.15) is 11.6 Å². The maximum absolute atomic E-state index is 10.8. The van der Waals surface area contributed by atoms with Crippen molar-refractivity contribution in [1.29, 1.82) is 0 Å². The number of hydrogen-bond acceptors (Lipinski definition) is 4. The van der Waals surface area contributed by atoms with Gasteiger partial charge in [0.1, 0.15) is 25.7 Å². The number of nitro groups is 1. The lowest BCUT2D eigenvalue weighted by Gasteiger charge is -2.29. The molecule has 1 saturated heterocycles. The third-order valence-corrected chi connectivity index (χ3v) is 4.76. The van der Waals surface area contributed by atoms with Crippen LogP contribution in [0.25, 0.3) is 0 Å². The molecule has 0 bridgehead atoms. The van der Waals surface area contributed by atoms with Gasteiger partial charge in [0.05, 0.1) is 18.1 Å². The average molecular weight is 387 g/mol. The van der Waals surface area contributed by atoms with Crippen LogP contribution < -0.4 is 15.5 Å². The first kappa shape index (κ1) is 19.2. The zero-order chi connectivity index (χ0) is 19.1. The molecule has 0 aliphatic carbocycles. The highest BCUT2D eigenvalue weighted by molar-refractivity contribution is 7.80. The maximum atomic E-state index is 10.8. The van der Waals surface area contributed by atoms with Crippen LogP contribution in [-0.2, 0) is 4.74 Å². The molecule has 1 fully saturated rings. The van der Waals surface area contributed by atoms with Crippen LogP contribution >= 0.6 is 12.2 Å². The fraction of sp³-hybridized carbons (Fsp3) is 0.316. The summed E-state index contributed by atoms with van der Waals surface area (Å²) in [4.78, 5) is 11.8. The second kappa shape index (κ2) is 9.40. The minimum absolute atomic E-state index is 0.0532. The van der Waals surface area contributed by atoms with Crippen molar-refractivity contribution in [2.24, 2.45) is 0 Å². The molecule has 7 nitrogen and oxygen atoms in total. The Morgan fingerprint density at radius 1 is 1.15 bits per heavy atom. The second-order valence-electron chi connectivity index (χ2n) is 6.43. The second-order valence-corrected chi connectivity index (χ2v) is 6.84. The van der Waals surface area contributed by atoms with E-state index in [0.717, 1.165) is 32.8 Å². The lowest BCUT2D eigenvalue weighted by Crippen LogP contribution is -3.14. The Morgan fingerprint density at radius 2 is 1.81 bits per heavy atom. The summed E-state index contributed by atoms with van der Waals surface area (Å²) in [5.74, 6) is 0. The van der Waals surface area contributed by atoms with Crippen molar-refractivity contribution in [3.63, 3.8) is 0 Å². The molecule has 1 aliphatic heterocycles. The minimum Gasteiger partial charge on any atom is -0.370 e. The molecule has 0 radical (unpaired) electrons. The highest BCUT2D eigenvalue weighted by Crippen LogP contribution is 2.16. The van der Waals surface area contributed by atoms with E-state index in [-0.39, 0.29) is 11.7 Å². The van der Waals surface area contributed by atoms with E-state index >= 15 is 0 Å². The summed E-state index contributed by atoms with van der Waals surface area (Å²) < 4.78 is 5.45. The van der Waals surface area contributed by atoms with E-state index in [9.17, 15) is 10.1 Å². The van der Waals surface area contributed by atoms with Gasteiger partial charge in [0.2, 0.25) is 0 Å². The number of ether oxygens (including phenoxy) is 1. The molecule has 142 valence electrons. The van der Waals surface area contributed by atoms with Gasteiger partial charge in [-0.05, 0) is 29.9 Å². The van der Waals surface area contributed by atoms with Gasteiger partial charge in [-0.3, -0.25) is 10.1 Å². The van der Waals surface area contributed by atoms with Gasteiger partial charge >= 0.3 is 0 Å². The van der Waals surface area contributed by atoms with Crippen LogP contribution in [0, 0.1) is 10.1 Å². The summed E-state index contributed by atoms with van der Waals surface area (Å²) in [7, 11) is 0. The van der Waals surface area contributed by atoms with Crippen LogP contribution in [-0.4, -0.2) is 42.9 Å². The molecular formula is C19H23N4O3S+. The maximum Gasteiger partial charge on any atom is 0.269 e. The normalized spacial score (nSPS) is 15.7. The Labute approximate surface area is 163 Å². The van der Waals surface area contributed by atoms with E-state index in [0.29, 0.717) is 10.8 Å². The van der Waals surface area contributed by atoms with Crippen molar-refractivity contribution < 1.29 is 14.6 Å². The fourth-order valence-corrected chi connectivity index (χ4v) is 3.34. The van der Waals surface area contributed by atoms with Crippen molar-refractivity contribution in [3.05, 3.63) is 70.3 Å². The lowest BCUT2D eigenvalue weighted by atomic mass is 10.1. The number of benzene rings is 2. The first-order valence-electron chi connectivity index (χ1n) is 8.90. The monoisotopic (exact) mass is 387 g/mol. The molecule has 8 heteroatoms. The zero-order valence-electron chi connectivity index (χ0n) is 14.9. The molecule has 0 aromatic heterocycles. The molecule has 0 amide bonds. The average Bonchev–Trinajstić information content (AvgIpc) is 2.69. The van der Waals surface area contributed by atoms with Crippen LogP contribution in [0.15, 0.2) is 54.6 Å². The fourth-order valence-electron chi connectivity index (χ4n) is 3.08. The van der Waals surface area contributed by atoms with E-state index in [1.54, 1.807) is 12.1 Å². The zero-order valence-corrected chi connectivity index (χ0v) is 15.7. The Morgan fingerprint density at radius 3 is 2.44 bits per heavy atom. The van der Waals surface area contributed by atoms with E-state index < -0.39 is 4.92 Å². The number of rotatable bonds is 6. The Balaban J connectivity index is 1.65. The number of morpholine rings is 1. The molecule has 1 atom stereocenters. The lowest BCUT2D eigenvalue weighted by molar-refractivity contribution is -0.909. The molecule has 27 heavy (non-hydrogen) atoms. The number of thiocarbonyl (C=S) groups is 1. The molecule has 0 unspecified atom stereocenters. The van der Waals surface area contributed by atoms with Crippen LogP contribution in [0.2, 0.25) is 0 Å². The van der Waals surface area contributed by atoms with E-state index in [1.165, 1.54) is 22.6 Å². The summed E-state index contributed by atoms with van der Waals surface area (Å²) in [5, 5.41) is 17.8. The highest BCUT2D eigenvalue weighted by atomic mass is 32.1. The summed E-state index contributed by atoms with van der Waals surface area (Å²) in [6.07, 6.45) is 0. The molecule has 1 aliphatic rings. The largest absolute Gasteiger partial charge is 0.370 e. The highest BCUT2D eigenvalue weighted by Gasteiger charge is 2.22. The number of nitrogens with one attached hydrogen (secondary N) is 3. The first-order valence-corrected chi connectivity index (χ1v) is 9.31. The minimum atomic E-state index is -0.420. The molecular weight excluding hydrogens is 364 g/mol. The summed E-state index contributed by atoms with van der Waals surface area (Å²) in [5.41, 5.74) is 1.94. The molecule has 2 aromatic rings. The van der Waals surface area contributed by atoms with Gasteiger partial charge in [-0.2, -0.15) is 0 Å². The Kier molecular flexibility index (Phi) is 6.69. The van der Waals surface area contributed by atoms with Gasteiger partial charge in [-0.25, -0.2) is 0 Å². The van der Waals surface area contributed by atoms with Crippen LogP contribution in [0.5, 0.6) is 0 Å². The van der Waals surface area contributed by atoms with E-state index in [2.05, 4.69) is 22.8 Å². The van der Waals surface area contributed by atoms with E-state index in [1.807, 2.05) is 18.2 Å². The number of nitrogens with zero attached hydrogens (tertiary/aromatic N) is 1. The predicted molar refractivity (Wildman–Crippen MR) is 108 cm³/mol. The van der Waals surface area contributed by atoms with Crippen LogP contribution in [0.3, 0.4) is 0 Å². The molecule has 0 saturated carbocycles. The number of nitro benzene ring substituents is 1. The van der Waals surface area contributed by atoms with Gasteiger partial charge in [-0.1, -0.05) is 30.3 Å². The number of quaternary nitrogens is 1. The Bertz CT molecular complexity index is 764. The van der Waals surface area contributed by atoms with Crippen molar-refractivity contribution in [1.82, 2.24) is 5.32 Å². The van der Waals surface area contributed by atoms with Crippen LogP contribution in [0.4, 0.5) is 11.4 Å². The Hall–Kier alpha value is -2.55. The van der Waals surface area contributed by atoms with Gasteiger partial charge in [0, 0.05) is 17.8 Å². The quantitative estimate of drug-likeness (QED) is 0.396. The number of non-ortho nitro benzene ring substituents is 1. The van der Waals surface area contributed by atoms with Crippen molar-refractivity contribution in [2.75, 3.05) is 38.2 Å². The summed E-state index contributed by atoms with van der Waals surface area (Å²) >= 11 is 5.47. The summed E-state index contributed by atoms with van der Waals surface area (Å²) in [6.45, 7) is 4.42. The van der Waals surface area contributed by atoms with Gasteiger partial charge in [0.15, 0.2) is 5.11 Å². The number of anilines is 1.